The Morgan fingerprint density at radius 1 is 1.20 bits per heavy atom. The molecule has 1 saturated carbocycles. The third-order valence-electron chi connectivity index (χ3n) is 3.96. The van der Waals surface area contributed by atoms with Crippen LogP contribution in [0, 0.1) is 11.8 Å². The second-order valence-electron chi connectivity index (χ2n) is 5.67. The fourth-order valence-electron chi connectivity index (χ4n) is 2.52. The largest absolute Gasteiger partial charge is 0.357 e. The minimum Gasteiger partial charge on any atom is -0.357 e. The van der Waals surface area contributed by atoms with Gasteiger partial charge >= 0.3 is 0 Å². The maximum absolute atomic E-state index is 11.4. The molecule has 1 aliphatic carbocycles. The van der Waals surface area contributed by atoms with Crippen LogP contribution in [-0.4, -0.2) is 45.5 Å². The van der Waals surface area contributed by atoms with Gasteiger partial charge in [0, 0.05) is 19.6 Å². The molecule has 2 aliphatic rings. The van der Waals surface area contributed by atoms with E-state index in [1.54, 1.807) is 0 Å². The maximum atomic E-state index is 11.4. The first-order chi connectivity index (χ1) is 9.09. The molecular formula is C13H26IN3O2S. The van der Waals surface area contributed by atoms with Crippen LogP contribution in [-0.2, 0) is 9.84 Å². The standard InChI is InChI=1S/C13H25N3O2S.HI/c1-2-14-13(15-8-11-4-3-5-11)16-9-12-6-7-19(17,18)10-12;/h11-12H,2-10H2,1H3,(H2,14,15,16);1H. The summed E-state index contributed by atoms with van der Waals surface area (Å²) in [5.41, 5.74) is 0. The van der Waals surface area contributed by atoms with Crippen LogP contribution in [0.4, 0.5) is 0 Å². The number of hydrogen-bond acceptors (Lipinski definition) is 3. The molecule has 0 aromatic heterocycles. The van der Waals surface area contributed by atoms with Gasteiger partial charge in [0.1, 0.15) is 0 Å². The Kier molecular flexibility index (Phi) is 7.57. The van der Waals surface area contributed by atoms with E-state index >= 15 is 0 Å². The number of halogens is 1. The van der Waals surface area contributed by atoms with Crippen LogP contribution in [0.3, 0.4) is 0 Å². The number of sulfone groups is 1. The zero-order valence-electron chi connectivity index (χ0n) is 12.1. The quantitative estimate of drug-likeness (QED) is 0.405. The van der Waals surface area contributed by atoms with Gasteiger partial charge in [-0.1, -0.05) is 6.42 Å². The van der Waals surface area contributed by atoms with Crippen molar-refractivity contribution in [1.82, 2.24) is 10.6 Å². The molecule has 5 nitrogen and oxygen atoms in total. The van der Waals surface area contributed by atoms with Crippen molar-refractivity contribution in [2.45, 2.75) is 32.6 Å². The number of rotatable bonds is 5. The minimum atomic E-state index is -2.79. The average Bonchev–Trinajstić information content (AvgIpc) is 2.64. The summed E-state index contributed by atoms with van der Waals surface area (Å²) in [6.45, 7) is 4.47. The Labute approximate surface area is 139 Å². The zero-order valence-corrected chi connectivity index (χ0v) is 15.2. The molecule has 118 valence electrons. The van der Waals surface area contributed by atoms with Crippen molar-refractivity contribution in [2.75, 3.05) is 31.1 Å². The predicted molar refractivity (Wildman–Crippen MR) is 93.5 cm³/mol. The van der Waals surface area contributed by atoms with Crippen molar-refractivity contribution in [3.05, 3.63) is 0 Å². The number of hydrogen-bond donors (Lipinski definition) is 2. The molecule has 1 heterocycles. The first-order valence-electron chi connectivity index (χ1n) is 7.31. The molecule has 1 aliphatic heterocycles. The molecule has 1 saturated heterocycles. The van der Waals surface area contributed by atoms with Crippen molar-refractivity contribution in [2.24, 2.45) is 16.8 Å². The molecular weight excluding hydrogens is 389 g/mol. The molecule has 1 unspecified atom stereocenters. The van der Waals surface area contributed by atoms with Gasteiger partial charge in [-0.05, 0) is 38.0 Å². The predicted octanol–water partition coefficient (Wildman–Crippen LogP) is 1.39. The van der Waals surface area contributed by atoms with Crippen molar-refractivity contribution in [3.63, 3.8) is 0 Å². The smallest absolute Gasteiger partial charge is 0.191 e. The summed E-state index contributed by atoms with van der Waals surface area (Å²) >= 11 is 0. The van der Waals surface area contributed by atoms with Crippen molar-refractivity contribution in [3.8, 4) is 0 Å². The van der Waals surface area contributed by atoms with E-state index in [0.29, 0.717) is 18.1 Å². The molecule has 2 fully saturated rings. The second kappa shape index (κ2) is 8.41. The van der Waals surface area contributed by atoms with Gasteiger partial charge in [-0.25, -0.2) is 8.42 Å². The van der Waals surface area contributed by atoms with Gasteiger partial charge < -0.3 is 10.6 Å². The lowest BCUT2D eigenvalue weighted by atomic mass is 9.85. The van der Waals surface area contributed by atoms with E-state index < -0.39 is 9.84 Å². The van der Waals surface area contributed by atoms with Crippen molar-refractivity contribution in [1.29, 1.82) is 0 Å². The first kappa shape index (κ1) is 18.0. The summed E-state index contributed by atoms with van der Waals surface area (Å²) < 4.78 is 22.8. The molecule has 1 atom stereocenters. The Hall–Kier alpha value is -0.0500. The highest BCUT2D eigenvalue weighted by atomic mass is 127. The molecule has 0 spiro atoms. The molecule has 7 heteroatoms. The van der Waals surface area contributed by atoms with Gasteiger partial charge in [0.2, 0.25) is 0 Å². The third-order valence-corrected chi connectivity index (χ3v) is 5.80. The summed E-state index contributed by atoms with van der Waals surface area (Å²) in [5, 5.41) is 6.58. The van der Waals surface area contributed by atoms with Crippen LogP contribution in [0.5, 0.6) is 0 Å². The number of guanidine groups is 1. The summed E-state index contributed by atoms with van der Waals surface area (Å²) in [7, 11) is -2.79. The molecule has 0 bridgehead atoms. The number of nitrogens with zero attached hydrogens (tertiary/aromatic N) is 1. The van der Waals surface area contributed by atoms with Crippen LogP contribution < -0.4 is 10.6 Å². The summed E-state index contributed by atoms with van der Waals surface area (Å²) in [6, 6.07) is 0. The fraction of sp³-hybridized carbons (Fsp3) is 0.923. The lowest BCUT2D eigenvalue weighted by molar-refractivity contribution is 0.314. The lowest BCUT2D eigenvalue weighted by Crippen LogP contribution is -2.41. The summed E-state index contributed by atoms with van der Waals surface area (Å²) in [6.07, 6.45) is 4.73. The Balaban J connectivity index is 0.00000200. The molecule has 2 N–H and O–H groups in total. The van der Waals surface area contributed by atoms with Gasteiger partial charge in [-0.2, -0.15) is 0 Å². The van der Waals surface area contributed by atoms with Crippen LogP contribution in [0.25, 0.3) is 0 Å². The third kappa shape index (κ3) is 5.75. The normalized spacial score (nSPS) is 25.6. The monoisotopic (exact) mass is 415 g/mol. The highest BCUT2D eigenvalue weighted by Gasteiger charge is 2.27. The lowest BCUT2D eigenvalue weighted by Gasteiger charge is -2.26. The molecule has 0 amide bonds. The van der Waals surface area contributed by atoms with Crippen LogP contribution in [0.15, 0.2) is 4.99 Å². The second-order valence-corrected chi connectivity index (χ2v) is 7.90. The van der Waals surface area contributed by atoms with Gasteiger partial charge in [-0.3, -0.25) is 4.99 Å². The van der Waals surface area contributed by atoms with Gasteiger partial charge in [0.05, 0.1) is 11.5 Å². The molecule has 20 heavy (non-hydrogen) atoms. The van der Waals surface area contributed by atoms with Crippen LogP contribution in [0.1, 0.15) is 32.6 Å². The number of nitrogens with one attached hydrogen (secondary N) is 2. The fourth-order valence-corrected chi connectivity index (χ4v) is 4.37. The van der Waals surface area contributed by atoms with Crippen molar-refractivity contribution < 1.29 is 8.42 Å². The van der Waals surface area contributed by atoms with E-state index in [-0.39, 0.29) is 29.9 Å². The molecule has 0 aromatic carbocycles. The van der Waals surface area contributed by atoms with E-state index in [1.807, 2.05) is 6.92 Å². The summed E-state index contributed by atoms with van der Waals surface area (Å²) in [4.78, 5) is 4.52. The highest BCUT2D eigenvalue weighted by Crippen LogP contribution is 2.25. The van der Waals surface area contributed by atoms with Crippen LogP contribution in [0.2, 0.25) is 0 Å². The topological polar surface area (TPSA) is 70.6 Å². The van der Waals surface area contributed by atoms with Gasteiger partial charge in [0.25, 0.3) is 0 Å². The van der Waals surface area contributed by atoms with Crippen molar-refractivity contribution >= 4 is 39.8 Å². The minimum absolute atomic E-state index is 0. The Morgan fingerprint density at radius 2 is 1.95 bits per heavy atom. The van der Waals surface area contributed by atoms with E-state index in [2.05, 4.69) is 15.6 Å². The summed E-state index contributed by atoms with van der Waals surface area (Å²) in [5.74, 6) is 2.45. The zero-order chi connectivity index (χ0) is 13.7. The van der Waals surface area contributed by atoms with E-state index in [4.69, 9.17) is 0 Å². The average molecular weight is 415 g/mol. The van der Waals surface area contributed by atoms with Gasteiger partial charge in [-0.15, -0.1) is 24.0 Å². The molecule has 2 rings (SSSR count). The van der Waals surface area contributed by atoms with E-state index in [1.165, 1.54) is 19.3 Å². The Bertz CT molecular complexity index is 421. The molecule has 0 aromatic rings. The highest BCUT2D eigenvalue weighted by molar-refractivity contribution is 14.0. The van der Waals surface area contributed by atoms with E-state index in [9.17, 15) is 8.42 Å². The SMILES string of the molecule is CCNC(=NCC1CCS(=O)(=O)C1)NCC1CCC1.I. The van der Waals surface area contributed by atoms with Crippen LogP contribution >= 0.6 is 24.0 Å². The first-order valence-corrected chi connectivity index (χ1v) is 9.14. The number of aliphatic imine (C=N–C) groups is 1. The maximum Gasteiger partial charge on any atom is 0.191 e. The van der Waals surface area contributed by atoms with E-state index in [0.717, 1.165) is 31.4 Å². The molecule has 0 radical (unpaired) electrons. The Morgan fingerprint density at radius 3 is 2.45 bits per heavy atom. The van der Waals surface area contributed by atoms with Gasteiger partial charge in [0.15, 0.2) is 15.8 Å².